The quantitative estimate of drug-likeness (QED) is 0.473. The fraction of sp³-hybridized carbons (Fsp3) is 0.280. The van der Waals surface area contributed by atoms with Crippen LogP contribution in [0.4, 0.5) is 4.79 Å². The Hall–Kier alpha value is -4.14. The minimum atomic E-state index is -1.11. The van der Waals surface area contributed by atoms with Crippen molar-refractivity contribution in [3.8, 4) is 11.1 Å². The number of aryl methyl sites for hydroxylation is 1. The van der Waals surface area contributed by atoms with Crippen LogP contribution in [-0.2, 0) is 23.1 Å². The number of alkyl carbamates (subject to hydrolysis) is 1. The number of aromatic carboxylic acids is 1. The third-order valence-corrected chi connectivity index (χ3v) is 5.94. The second-order valence-corrected chi connectivity index (χ2v) is 8.29. The predicted molar refractivity (Wildman–Crippen MR) is 124 cm³/mol. The van der Waals surface area contributed by atoms with E-state index in [-0.39, 0.29) is 37.0 Å². The van der Waals surface area contributed by atoms with Crippen LogP contribution in [0.25, 0.3) is 11.1 Å². The molecular formula is C25H26N4O5. The summed E-state index contributed by atoms with van der Waals surface area (Å²) in [5.41, 5.74) is 4.97. The molecule has 9 nitrogen and oxygen atoms in total. The molecule has 2 aromatic carbocycles. The third kappa shape index (κ3) is 4.78. The molecule has 0 bridgehead atoms. The lowest BCUT2D eigenvalue weighted by Gasteiger charge is -2.17. The summed E-state index contributed by atoms with van der Waals surface area (Å²) in [5, 5.41) is 18.5. The monoisotopic (exact) mass is 462 g/mol. The van der Waals surface area contributed by atoms with Crippen molar-refractivity contribution in [3.63, 3.8) is 0 Å². The molecule has 0 radical (unpaired) electrons. The second-order valence-electron chi connectivity index (χ2n) is 8.29. The van der Waals surface area contributed by atoms with Gasteiger partial charge in [-0.1, -0.05) is 48.5 Å². The molecule has 0 saturated carbocycles. The van der Waals surface area contributed by atoms with Gasteiger partial charge in [0.15, 0.2) is 0 Å². The highest BCUT2D eigenvalue weighted by Crippen LogP contribution is 2.44. The number of carbonyl (C=O) groups is 3. The van der Waals surface area contributed by atoms with Crippen LogP contribution in [0.2, 0.25) is 0 Å². The van der Waals surface area contributed by atoms with Gasteiger partial charge in [0, 0.05) is 25.4 Å². The van der Waals surface area contributed by atoms with Crippen molar-refractivity contribution in [2.75, 3.05) is 6.61 Å². The number of hydrogen-bond acceptors (Lipinski definition) is 5. The van der Waals surface area contributed by atoms with Crippen LogP contribution >= 0.6 is 0 Å². The Balaban J connectivity index is 1.27. The zero-order chi connectivity index (χ0) is 24.2. The summed E-state index contributed by atoms with van der Waals surface area (Å²) < 4.78 is 6.91. The number of carboxylic acid groups (broad SMARTS) is 1. The average molecular weight is 463 g/mol. The maximum atomic E-state index is 12.4. The Morgan fingerprint density at radius 3 is 2.32 bits per heavy atom. The number of nitrogens with zero attached hydrogens (tertiary/aromatic N) is 2. The first-order valence-electron chi connectivity index (χ1n) is 11.0. The van der Waals surface area contributed by atoms with Crippen LogP contribution in [0, 0.1) is 0 Å². The molecular weight excluding hydrogens is 436 g/mol. The van der Waals surface area contributed by atoms with Crippen molar-refractivity contribution in [1.82, 2.24) is 20.4 Å². The van der Waals surface area contributed by atoms with Gasteiger partial charge >= 0.3 is 12.1 Å². The Labute approximate surface area is 196 Å². The van der Waals surface area contributed by atoms with Gasteiger partial charge in [-0.05, 0) is 29.2 Å². The van der Waals surface area contributed by atoms with Gasteiger partial charge in [0.2, 0.25) is 5.91 Å². The van der Waals surface area contributed by atoms with E-state index in [0.717, 1.165) is 22.3 Å². The summed E-state index contributed by atoms with van der Waals surface area (Å²) >= 11 is 0. The summed E-state index contributed by atoms with van der Waals surface area (Å²) in [6.07, 6.45) is 0.664. The van der Waals surface area contributed by atoms with Gasteiger partial charge in [0.25, 0.3) is 0 Å². The van der Waals surface area contributed by atoms with E-state index in [1.165, 1.54) is 10.9 Å². The van der Waals surface area contributed by atoms with Gasteiger partial charge in [0.05, 0.1) is 18.4 Å². The van der Waals surface area contributed by atoms with Crippen molar-refractivity contribution in [2.45, 2.75) is 31.8 Å². The topological polar surface area (TPSA) is 123 Å². The first kappa shape index (κ1) is 23.0. The van der Waals surface area contributed by atoms with Crippen LogP contribution in [-0.4, -0.2) is 45.5 Å². The van der Waals surface area contributed by atoms with Gasteiger partial charge in [0.1, 0.15) is 12.2 Å². The highest BCUT2D eigenvalue weighted by molar-refractivity contribution is 5.89. The number of fused-ring (bicyclic) bond motifs is 3. The molecule has 3 N–H and O–H groups in total. The van der Waals surface area contributed by atoms with Crippen LogP contribution in [0.1, 0.15) is 46.4 Å². The van der Waals surface area contributed by atoms with E-state index in [1.807, 2.05) is 36.4 Å². The van der Waals surface area contributed by atoms with Crippen LogP contribution in [0.5, 0.6) is 0 Å². The van der Waals surface area contributed by atoms with E-state index in [9.17, 15) is 19.5 Å². The number of benzene rings is 2. The predicted octanol–water partition coefficient (Wildman–Crippen LogP) is 3.05. The van der Waals surface area contributed by atoms with Crippen LogP contribution in [0.3, 0.4) is 0 Å². The number of ether oxygens (including phenoxy) is 1. The fourth-order valence-electron chi connectivity index (χ4n) is 4.28. The molecule has 0 unspecified atom stereocenters. The van der Waals surface area contributed by atoms with E-state index in [1.54, 1.807) is 14.0 Å². The van der Waals surface area contributed by atoms with Crippen LogP contribution < -0.4 is 10.6 Å². The molecule has 0 spiro atoms. The Bertz CT molecular complexity index is 1190. The largest absolute Gasteiger partial charge is 0.478 e. The zero-order valence-corrected chi connectivity index (χ0v) is 18.9. The average Bonchev–Trinajstić information content (AvgIpc) is 3.34. The van der Waals surface area contributed by atoms with E-state index < -0.39 is 18.1 Å². The van der Waals surface area contributed by atoms with Gasteiger partial charge in [-0.15, -0.1) is 0 Å². The molecule has 1 aliphatic rings. The minimum absolute atomic E-state index is 0.0183. The number of hydrogen-bond donors (Lipinski definition) is 3. The molecule has 2 amide bonds. The third-order valence-electron chi connectivity index (χ3n) is 5.94. The van der Waals surface area contributed by atoms with E-state index in [4.69, 9.17) is 4.74 Å². The lowest BCUT2D eigenvalue weighted by Crippen LogP contribution is -2.38. The number of amides is 2. The number of carboxylic acids is 1. The van der Waals surface area contributed by atoms with Gasteiger partial charge in [-0.25, -0.2) is 9.59 Å². The highest BCUT2D eigenvalue weighted by atomic mass is 16.5. The Kier molecular flexibility index (Phi) is 6.62. The normalized spacial score (nSPS) is 13.0. The fourth-order valence-corrected chi connectivity index (χ4v) is 4.28. The number of aromatic nitrogens is 2. The number of nitrogens with one attached hydrogen (secondary N) is 2. The summed E-state index contributed by atoms with van der Waals surface area (Å²) in [5.74, 6) is -1.48. The number of carbonyl (C=O) groups excluding carboxylic acids is 2. The SMILES string of the molecule is C[C@H](CC(=O)NCc1c(C(=O)O)cnn1C)NC(=O)OCC1c2ccccc2-c2ccccc21. The lowest BCUT2D eigenvalue weighted by molar-refractivity contribution is -0.121. The van der Waals surface area contributed by atoms with Crippen molar-refractivity contribution < 1.29 is 24.2 Å². The Morgan fingerprint density at radius 1 is 1.09 bits per heavy atom. The summed E-state index contributed by atoms with van der Waals surface area (Å²) in [6, 6.07) is 15.7. The van der Waals surface area contributed by atoms with Gasteiger partial charge in [-0.2, -0.15) is 5.10 Å². The molecule has 0 aliphatic heterocycles. The molecule has 176 valence electrons. The number of rotatable bonds is 8. The maximum absolute atomic E-state index is 12.4. The second kappa shape index (κ2) is 9.78. The van der Waals surface area contributed by atoms with Gasteiger partial charge in [-0.3, -0.25) is 9.48 Å². The van der Waals surface area contributed by atoms with E-state index in [0.29, 0.717) is 5.69 Å². The molecule has 1 heterocycles. The minimum Gasteiger partial charge on any atom is -0.478 e. The highest BCUT2D eigenvalue weighted by Gasteiger charge is 2.29. The Morgan fingerprint density at radius 2 is 1.71 bits per heavy atom. The first-order chi connectivity index (χ1) is 16.3. The lowest BCUT2D eigenvalue weighted by atomic mass is 9.98. The van der Waals surface area contributed by atoms with E-state index in [2.05, 4.69) is 27.9 Å². The van der Waals surface area contributed by atoms with Crippen molar-refractivity contribution in [2.24, 2.45) is 7.05 Å². The van der Waals surface area contributed by atoms with E-state index >= 15 is 0 Å². The molecule has 1 aliphatic carbocycles. The van der Waals surface area contributed by atoms with Gasteiger partial charge < -0.3 is 20.5 Å². The molecule has 4 rings (SSSR count). The van der Waals surface area contributed by atoms with Crippen molar-refractivity contribution in [3.05, 3.63) is 77.1 Å². The summed E-state index contributed by atoms with van der Waals surface area (Å²) in [7, 11) is 1.61. The molecule has 0 saturated heterocycles. The first-order valence-corrected chi connectivity index (χ1v) is 11.0. The zero-order valence-electron chi connectivity index (χ0n) is 18.9. The molecule has 1 atom stereocenters. The van der Waals surface area contributed by atoms with Crippen molar-refractivity contribution in [1.29, 1.82) is 0 Å². The van der Waals surface area contributed by atoms with Crippen molar-refractivity contribution >= 4 is 18.0 Å². The standard InChI is InChI=1S/C25H26N4O5/c1-15(11-23(30)26-13-22-20(24(31)32)12-27-29(22)2)28-25(33)34-14-21-18-9-5-3-7-16(18)17-8-4-6-10-19(17)21/h3-10,12,15,21H,11,13-14H2,1-2H3,(H,26,30)(H,28,33)(H,31,32)/t15-/m1/s1. The van der Waals surface area contributed by atoms with Crippen LogP contribution in [0.15, 0.2) is 54.7 Å². The molecule has 3 aromatic rings. The summed E-state index contributed by atoms with van der Waals surface area (Å²) in [6.45, 7) is 1.92. The molecule has 1 aromatic heterocycles. The smallest absolute Gasteiger partial charge is 0.407 e. The molecule has 9 heteroatoms. The molecule has 34 heavy (non-hydrogen) atoms. The molecule has 0 fully saturated rings. The summed E-state index contributed by atoms with van der Waals surface area (Å²) in [4.78, 5) is 35.9. The maximum Gasteiger partial charge on any atom is 0.407 e.